The zero-order chi connectivity index (χ0) is 15.1. The molecule has 0 aliphatic carbocycles. The third kappa shape index (κ3) is 4.52. The molecule has 1 aromatic rings. The summed E-state index contributed by atoms with van der Waals surface area (Å²) in [6, 6.07) is 5.73. The van der Waals surface area contributed by atoms with Gasteiger partial charge in [-0.05, 0) is 30.5 Å². The molecule has 0 amide bonds. The summed E-state index contributed by atoms with van der Waals surface area (Å²) in [5.41, 5.74) is 1.08. The van der Waals surface area contributed by atoms with Gasteiger partial charge >= 0.3 is 11.9 Å². The van der Waals surface area contributed by atoms with E-state index in [9.17, 15) is 9.59 Å². The highest BCUT2D eigenvalue weighted by Crippen LogP contribution is 2.32. The van der Waals surface area contributed by atoms with Crippen LogP contribution in [0.1, 0.15) is 12.0 Å². The number of esters is 2. The van der Waals surface area contributed by atoms with Crippen molar-refractivity contribution >= 4 is 11.9 Å². The minimum Gasteiger partial charge on any atom is -0.466 e. The molecule has 0 spiro atoms. The van der Waals surface area contributed by atoms with Crippen LogP contribution in [0, 0.1) is 0 Å². The molecule has 1 aliphatic heterocycles. The van der Waals surface area contributed by atoms with E-state index in [1.807, 2.05) is 18.2 Å². The van der Waals surface area contributed by atoms with E-state index in [0.717, 1.165) is 35.6 Å². The molecule has 0 saturated heterocycles. The molecule has 6 nitrogen and oxygen atoms in total. The van der Waals surface area contributed by atoms with Crippen molar-refractivity contribution in [2.45, 2.75) is 12.8 Å². The van der Waals surface area contributed by atoms with E-state index in [1.54, 1.807) is 0 Å². The molecular weight excluding hydrogens is 276 g/mol. The van der Waals surface area contributed by atoms with Crippen molar-refractivity contribution in [3.05, 3.63) is 35.9 Å². The van der Waals surface area contributed by atoms with Gasteiger partial charge in [0, 0.05) is 12.2 Å². The molecule has 1 aliphatic rings. The maximum absolute atomic E-state index is 11.3. The average molecular weight is 292 g/mol. The lowest BCUT2D eigenvalue weighted by atomic mass is 10.1. The summed E-state index contributed by atoms with van der Waals surface area (Å²) in [5.74, 6) is 0.335. The Kier molecular flexibility index (Phi) is 5.20. The van der Waals surface area contributed by atoms with Crippen molar-refractivity contribution in [3.8, 4) is 11.5 Å². The molecule has 0 N–H and O–H groups in total. The third-order valence-corrected chi connectivity index (χ3v) is 2.85. The number of carbonyl (C=O) groups is 2. The summed E-state index contributed by atoms with van der Waals surface area (Å²) < 4.78 is 19.8. The average Bonchev–Trinajstić information content (AvgIpc) is 2.96. The molecule has 1 heterocycles. The maximum Gasteiger partial charge on any atom is 0.331 e. The van der Waals surface area contributed by atoms with Gasteiger partial charge < -0.3 is 18.9 Å². The van der Waals surface area contributed by atoms with Crippen LogP contribution < -0.4 is 9.47 Å². The van der Waals surface area contributed by atoms with Gasteiger partial charge in [0.15, 0.2) is 11.5 Å². The van der Waals surface area contributed by atoms with Crippen LogP contribution >= 0.6 is 0 Å². The molecule has 6 heteroatoms. The second-order valence-electron chi connectivity index (χ2n) is 4.32. The Labute approximate surface area is 122 Å². The Morgan fingerprint density at radius 2 is 1.95 bits per heavy atom. The van der Waals surface area contributed by atoms with E-state index < -0.39 is 11.9 Å². The number of hydrogen-bond donors (Lipinski definition) is 0. The van der Waals surface area contributed by atoms with Gasteiger partial charge in [0.1, 0.15) is 0 Å². The Morgan fingerprint density at radius 3 is 2.76 bits per heavy atom. The Balaban J connectivity index is 1.69. The molecule has 0 unspecified atom stereocenters. The van der Waals surface area contributed by atoms with Crippen LogP contribution in [0.3, 0.4) is 0 Å². The van der Waals surface area contributed by atoms with E-state index in [2.05, 4.69) is 4.74 Å². The van der Waals surface area contributed by atoms with E-state index >= 15 is 0 Å². The summed E-state index contributed by atoms with van der Waals surface area (Å²) in [6.07, 6.45) is 3.51. The van der Waals surface area contributed by atoms with Gasteiger partial charge in [-0.1, -0.05) is 6.07 Å². The monoisotopic (exact) mass is 292 g/mol. The number of carbonyl (C=O) groups excluding carboxylic acids is 2. The predicted octanol–water partition coefficient (Wildman–Crippen LogP) is 1.62. The van der Waals surface area contributed by atoms with Gasteiger partial charge in [-0.3, -0.25) is 0 Å². The molecule has 112 valence electrons. The van der Waals surface area contributed by atoms with Gasteiger partial charge in [0.05, 0.1) is 13.7 Å². The minimum atomic E-state index is -0.590. The lowest BCUT2D eigenvalue weighted by Gasteiger charge is -2.04. The van der Waals surface area contributed by atoms with Crippen molar-refractivity contribution in [2.75, 3.05) is 20.5 Å². The number of hydrogen-bond acceptors (Lipinski definition) is 6. The quantitative estimate of drug-likeness (QED) is 0.451. The number of benzene rings is 1. The normalized spacial score (nSPS) is 12.4. The first-order chi connectivity index (χ1) is 10.2. The van der Waals surface area contributed by atoms with Crippen LogP contribution in [0.25, 0.3) is 0 Å². The molecule has 0 fully saturated rings. The van der Waals surface area contributed by atoms with Crippen molar-refractivity contribution in [3.63, 3.8) is 0 Å². The second-order valence-corrected chi connectivity index (χ2v) is 4.32. The van der Waals surface area contributed by atoms with Gasteiger partial charge in [0.2, 0.25) is 6.79 Å². The largest absolute Gasteiger partial charge is 0.466 e. The first-order valence-electron chi connectivity index (χ1n) is 6.50. The van der Waals surface area contributed by atoms with Crippen LogP contribution in [0.2, 0.25) is 0 Å². The van der Waals surface area contributed by atoms with E-state index in [4.69, 9.17) is 14.2 Å². The third-order valence-electron chi connectivity index (χ3n) is 2.85. The van der Waals surface area contributed by atoms with Gasteiger partial charge in [-0.25, -0.2) is 9.59 Å². The van der Waals surface area contributed by atoms with Crippen LogP contribution in [-0.4, -0.2) is 32.4 Å². The van der Waals surface area contributed by atoms with Crippen molar-refractivity contribution < 1.29 is 28.5 Å². The Morgan fingerprint density at radius 1 is 1.19 bits per heavy atom. The number of fused-ring (bicyclic) bond motifs is 1. The molecule has 1 aromatic carbocycles. The lowest BCUT2D eigenvalue weighted by Crippen LogP contribution is -2.05. The highest BCUT2D eigenvalue weighted by Gasteiger charge is 2.12. The Bertz CT molecular complexity index is 549. The molecule has 0 saturated carbocycles. The zero-order valence-electron chi connectivity index (χ0n) is 11.7. The molecule has 21 heavy (non-hydrogen) atoms. The summed E-state index contributed by atoms with van der Waals surface area (Å²) >= 11 is 0. The topological polar surface area (TPSA) is 71.1 Å². The van der Waals surface area contributed by atoms with Crippen LogP contribution in [0.5, 0.6) is 11.5 Å². The minimum absolute atomic E-state index is 0.253. The summed E-state index contributed by atoms with van der Waals surface area (Å²) in [4.78, 5) is 22.1. The van der Waals surface area contributed by atoms with Gasteiger partial charge in [-0.2, -0.15) is 0 Å². The fourth-order valence-corrected chi connectivity index (χ4v) is 1.80. The highest BCUT2D eigenvalue weighted by atomic mass is 16.7. The predicted molar refractivity (Wildman–Crippen MR) is 73.0 cm³/mol. The number of ether oxygens (including phenoxy) is 4. The van der Waals surface area contributed by atoms with E-state index in [0.29, 0.717) is 6.42 Å². The van der Waals surface area contributed by atoms with E-state index in [-0.39, 0.29) is 13.4 Å². The fraction of sp³-hybridized carbons (Fsp3) is 0.333. The zero-order valence-corrected chi connectivity index (χ0v) is 11.7. The van der Waals surface area contributed by atoms with Gasteiger partial charge in [0.25, 0.3) is 0 Å². The van der Waals surface area contributed by atoms with Crippen LogP contribution in [0.15, 0.2) is 30.4 Å². The van der Waals surface area contributed by atoms with Gasteiger partial charge in [-0.15, -0.1) is 0 Å². The smallest absolute Gasteiger partial charge is 0.331 e. The second kappa shape index (κ2) is 7.33. The highest BCUT2D eigenvalue weighted by molar-refractivity contribution is 5.91. The van der Waals surface area contributed by atoms with Crippen molar-refractivity contribution in [1.82, 2.24) is 0 Å². The molecular formula is C15H16O6. The molecule has 0 atom stereocenters. The van der Waals surface area contributed by atoms with Crippen LogP contribution in [0.4, 0.5) is 0 Å². The first kappa shape index (κ1) is 14.9. The van der Waals surface area contributed by atoms with Crippen molar-refractivity contribution in [1.29, 1.82) is 0 Å². The summed E-state index contributed by atoms with van der Waals surface area (Å²) in [6.45, 7) is 0.529. The molecule has 0 bridgehead atoms. The number of aryl methyl sites for hydroxylation is 1. The number of rotatable bonds is 6. The van der Waals surface area contributed by atoms with Crippen LogP contribution in [-0.2, 0) is 25.5 Å². The van der Waals surface area contributed by atoms with E-state index in [1.165, 1.54) is 7.11 Å². The standard InChI is InChI=1S/C15H16O6/c1-18-14(16)6-7-15(17)19-8-2-3-11-4-5-12-13(9-11)21-10-20-12/h4-7,9H,2-3,8,10H2,1H3/b7-6+. The summed E-state index contributed by atoms with van der Waals surface area (Å²) in [7, 11) is 1.24. The fourth-order valence-electron chi connectivity index (χ4n) is 1.80. The van der Waals surface area contributed by atoms with Crippen molar-refractivity contribution in [2.24, 2.45) is 0 Å². The lowest BCUT2D eigenvalue weighted by molar-refractivity contribution is -0.139. The number of methoxy groups -OCH3 is 1. The summed E-state index contributed by atoms with van der Waals surface area (Å²) in [5, 5.41) is 0. The maximum atomic E-state index is 11.3. The SMILES string of the molecule is COC(=O)/C=C/C(=O)OCCCc1ccc2c(c1)OCO2. The molecule has 0 radical (unpaired) electrons. The Hall–Kier alpha value is -2.50. The molecule has 2 rings (SSSR count). The molecule has 0 aromatic heterocycles. The first-order valence-corrected chi connectivity index (χ1v) is 6.50.